The van der Waals surface area contributed by atoms with Gasteiger partial charge in [-0.2, -0.15) is 0 Å². The van der Waals surface area contributed by atoms with Gasteiger partial charge in [0.15, 0.2) is 0 Å². The number of aliphatic carboxylic acids is 1. The Morgan fingerprint density at radius 2 is 1.85 bits per heavy atom. The first-order valence-electron chi connectivity index (χ1n) is 6.71. The van der Waals surface area contributed by atoms with Crippen molar-refractivity contribution in [2.24, 2.45) is 5.41 Å². The van der Waals surface area contributed by atoms with E-state index in [0.717, 1.165) is 6.42 Å². The quantitative estimate of drug-likeness (QED) is 0.568. The second-order valence-electron chi connectivity index (χ2n) is 5.98. The highest BCUT2D eigenvalue weighted by Crippen LogP contribution is 2.34. The van der Waals surface area contributed by atoms with Crippen molar-refractivity contribution in [1.82, 2.24) is 16.0 Å². The van der Waals surface area contributed by atoms with E-state index in [1.54, 1.807) is 20.9 Å². The number of nitrogens with one attached hydrogen (secondary N) is 3. The summed E-state index contributed by atoms with van der Waals surface area (Å²) in [4.78, 5) is 34.2. The molecule has 7 heteroatoms. The zero-order chi connectivity index (χ0) is 15.4. The number of carboxylic acids is 1. The van der Waals surface area contributed by atoms with Gasteiger partial charge in [0.25, 0.3) is 0 Å². The van der Waals surface area contributed by atoms with Gasteiger partial charge in [0.1, 0.15) is 0 Å². The molecule has 0 spiro atoms. The van der Waals surface area contributed by atoms with Crippen LogP contribution in [0.2, 0.25) is 0 Å². The van der Waals surface area contributed by atoms with E-state index in [9.17, 15) is 14.4 Å². The van der Waals surface area contributed by atoms with Crippen LogP contribution in [0, 0.1) is 5.41 Å². The van der Waals surface area contributed by atoms with Gasteiger partial charge in [-0.3, -0.25) is 9.59 Å². The van der Waals surface area contributed by atoms with Gasteiger partial charge in [-0.05, 0) is 33.1 Å². The van der Waals surface area contributed by atoms with Gasteiger partial charge < -0.3 is 21.1 Å². The molecule has 0 aromatic rings. The van der Waals surface area contributed by atoms with Crippen LogP contribution in [0.1, 0.15) is 39.5 Å². The molecule has 114 valence electrons. The molecule has 0 aliphatic heterocycles. The summed E-state index contributed by atoms with van der Waals surface area (Å²) < 4.78 is 0. The number of carbonyl (C=O) groups excluding carboxylic acids is 2. The monoisotopic (exact) mass is 285 g/mol. The lowest BCUT2D eigenvalue weighted by molar-refractivity contribution is -0.139. The molecule has 7 nitrogen and oxygen atoms in total. The van der Waals surface area contributed by atoms with Crippen LogP contribution in [-0.4, -0.2) is 42.1 Å². The Morgan fingerprint density at radius 3 is 2.25 bits per heavy atom. The standard InChI is InChI=1S/C13H23N3O4/c1-12(2,10(19)14-3)8-15-11(20)16-13(5-4-6-13)7-9(17)18/h4-8H2,1-3H3,(H,14,19)(H,17,18)(H2,15,16,20). The molecule has 1 rings (SSSR count). The highest BCUT2D eigenvalue weighted by Gasteiger charge is 2.40. The molecule has 1 fully saturated rings. The lowest BCUT2D eigenvalue weighted by Gasteiger charge is -2.41. The second-order valence-corrected chi connectivity index (χ2v) is 5.98. The Morgan fingerprint density at radius 1 is 1.25 bits per heavy atom. The molecule has 1 aliphatic rings. The molecule has 0 unspecified atom stereocenters. The summed E-state index contributed by atoms with van der Waals surface area (Å²) in [6.45, 7) is 3.63. The third kappa shape index (κ3) is 4.11. The van der Waals surface area contributed by atoms with Gasteiger partial charge in [-0.15, -0.1) is 0 Å². The summed E-state index contributed by atoms with van der Waals surface area (Å²) in [6.07, 6.45) is 2.19. The van der Waals surface area contributed by atoms with Gasteiger partial charge in [-0.25, -0.2) is 4.79 Å². The van der Waals surface area contributed by atoms with Crippen LogP contribution < -0.4 is 16.0 Å². The number of carbonyl (C=O) groups is 3. The van der Waals surface area contributed by atoms with Gasteiger partial charge in [0.05, 0.1) is 17.4 Å². The molecule has 0 radical (unpaired) electrons. The fourth-order valence-corrected chi connectivity index (χ4v) is 2.24. The SMILES string of the molecule is CNC(=O)C(C)(C)CNC(=O)NC1(CC(=O)O)CCC1. The number of hydrogen-bond donors (Lipinski definition) is 4. The topological polar surface area (TPSA) is 108 Å². The predicted octanol–water partition coefficient (Wildman–Crippen LogP) is 0.455. The molecule has 3 amide bonds. The minimum absolute atomic E-state index is 0.0702. The Hall–Kier alpha value is -1.79. The van der Waals surface area contributed by atoms with Crippen molar-refractivity contribution >= 4 is 17.9 Å². The van der Waals surface area contributed by atoms with Crippen LogP contribution in [0.4, 0.5) is 4.79 Å². The summed E-state index contributed by atoms with van der Waals surface area (Å²) in [7, 11) is 1.54. The summed E-state index contributed by atoms with van der Waals surface area (Å²) in [5.41, 5.74) is -1.35. The van der Waals surface area contributed by atoms with Crippen molar-refractivity contribution in [3.63, 3.8) is 0 Å². The van der Waals surface area contributed by atoms with Crippen LogP contribution in [-0.2, 0) is 9.59 Å². The third-order valence-electron chi connectivity index (χ3n) is 3.71. The van der Waals surface area contributed by atoms with Crippen molar-refractivity contribution in [1.29, 1.82) is 0 Å². The van der Waals surface area contributed by atoms with Crippen LogP contribution >= 0.6 is 0 Å². The van der Waals surface area contributed by atoms with Crippen molar-refractivity contribution in [2.75, 3.05) is 13.6 Å². The van der Waals surface area contributed by atoms with Crippen LogP contribution in [0.15, 0.2) is 0 Å². The van der Waals surface area contributed by atoms with Crippen molar-refractivity contribution in [3.8, 4) is 0 Å². The molecule has 0 saturated heterocycles. The van der Waals surface area contributed by atoms with Crippen LogP contribution in [0.3, 0.4) is 0 Å². The number of hydrogen-bond acceptors (Lipinski definition) is 3. The summed E-state index contributed by atoms with van der Waals surface area (Å²) >= 11 is 0. The maximum atomic E-state index is 11.8. The van der Waals surface area contributed by atoms with Crippen LogP contribution in [0.25, 0.3) is 0 Å². The van der Waals surface area contributed by atoms with E-state index in [4.69, 9.17) is 5.11 Å². The molecule has 1 aliphatic carbocycles. The molecule has 0 aromatic carbocycles. The molecule has 0 atom stereocenters. The zero-order valence-electron chi connectivity index (χ0n) is 12.2. The maximum Gasteiger partial charge on any atom is 0.315 e. The number of rotatable bonds is 6. The summed E-state index contributed by atoms with van der Waals surface area (Å²) in [5.74, 6) is -1.09. The molecule has 4 N–H and O–H groups in total. The van der Waals surface area contributed by atoms with E-state index in [1.807, 2.05) is 0 Å². The molecule has 20 heavy (non-hydrogen) atoms. The summed E-state index contributed by atoms with van der Waals surface area (Å²) in [5, 5.41) is 16.8. The highest BCUT2D eigenvalue weighted by atomic mass is 16.4. The van der Waals surface area contributed by atoms with Crippen LogP contribution in [0.5, 0.6) is 0 Å². The Labute approximate surface area is 118 Å². The van der Waals surface area contributed by atoms with E-state index in [1.165, 1.54) is 0 Å². The Balaban J connectivity index is 2.47. The first-order chi connectivity index (χ1) is 9.21. The molecule has 0 aromatic heterocycles. The molecule has 1 saturated carbocycles. The van der Waals surface area contributed by atoms with Crippen molar-refractivity contribution in [2.45, 2.75) is 45.1 Å². The second kappa shape index (κ2) is 6.11. The Kier molecular flexibility index (Phi) is 4.97. The number of urea groups is 1. The summed E-state index contributed by atoms with van der Waals surface area (Å²) in [6, 6.07) is -0.428. The van der Waals surface area contributed by atoms with Crippen molar-refractivity contribution in [3.05, 3.63) is 0 Å². The maximum absolute atomic E-state index is 11.8. The van der Waals surface area contributed by atoms with Gasteiger partial charge in [0.2, 0.25) is 5.91 Å². The fraction of sp³-hybridized carbons (Fsp3) is 0.769. The highest BCUT2D eigenvalue weighted by molar-refractivity contribution is 5.83. The lowest BCUT2D eigenvalue weighted by atomic mass is 9.74. The Bertz CT molecular complexity index is 402. The van der Waals surface area contributed by atoms with E-state index < -0.39 is 23.0 Å². The molecular weight excluding hydrogens is 262 g/mol. The van der Waals surface area contributed by atoms with E-state index in [2.05, 4.69) is 16.0 Å². The average molecular weight is 285 g/mol. The van der Waals surface area contributed by atoms with Crippen molar-refractivity contribution < 1.29 is 19.5 Å². The number of amides is 3. The third-order valence-corrected chi connectivity index (χ3v) is 3.71. The van der Waals surface area contributed by atoms with E-state index in [-0.39, 0.29) is 18.9 Å². The minimum Gasteiger partial charge on any atom is -0.481 e. The first kappa shape index (κ1) is 16.3. The average Bonchev–Trinajstić information content (AvgIpc) is 2.32. The van der Waals surface area contributed by atoms with E-state index in [0.29, 0.717) is 12.8 Å². The normalized spacial score (nSPS) is 16.8. The van der Waals surface area contributed by atoms with Gasteiger partial charge >= 0.3 is 12.0 Å². The van der Waals surface area contributed by atoms with Gasteiger partial charge in [-0.1, -0.05) is 0 Å². The largest absolute Gasteiger partial charge is 0.481 e. The smallest absolute Gasteiger partial charge is 0.315 e. The number of carboxylic acid groups (broad SMARTS) is 1. The minimum atomic E-state index is -0.921. The molecular formula is C13H23N3O4. The fourth-order valence-electron chi connectivity index (χ4n) is 2.24. The van der Waals surface area contributed by atoms with E-state index >= 15 is 0 Å². The zero-order valence-corrected chi connectivity index (χ0v) is 12.2. The first-order valence-corrected chi connectivity index (χ1v) is 6.71. The predicted molar refractivity (Wildman–Crippen MR) is 73.2 cm³/mol. The lowest BCUT2D eigenvalue weighted by Crippen LogP contribution is -2.58. The van der Waals surface area contributed by atoms with Gasteiger partial charge in [0, 0.05) is 13.6 Å². The molecule has 0 heterocycles. The molecule has 0 bridgehead atoms.